The number of nitriles is 1. The summed E-state index contributed by atoms with van der Waals surface area (Å²) in [6, 6.07) is 6.03. The second kappa shape index (κ2) is 9.35. The minimum Gasteiger partial charge on any atom is -0.490 e. The Balaban J connectivity index is 1.79. The topological polar surface area (TPSA) is 109 Å². The number of amides is 2. The molecule has 1 aromatic carbocycles. The van der Waals surface area contributed by atoms with Gasteiger partial charge in [-0.15, -0.1) is 0 Å². The summed E-state index contributed by atoms with van der Waals surface area (Å²) in [6.45, 7) is 6.13. The molecule has 0 aromatic heterocycles. The van der Waals surface area contributed by atoms with Gasteiger partial charge in [0.15, 0.2) is 0 Å². The lowest BCUT2D eigenvalue weighted by atomic mass is 10.1. The first-order valence-corrected chi connectivity index (χ1v) is 11.3. The molecule has 3 rings (SSSR count). The van der Waals surface area contributed by atoms with Crippen molar-refractivity contribution in [1.29, 1.82) is 5.26 Å². The van der Waals surface area contributed by atoms with Crippen LogP contribution < -0.4 is 10.5 Å². The molecule has 2 saturated heterocycles. The van der Waals surface area contributed by atoms with Gasteiger partial charge in [-0.1, -0.05) is 0 Å². The molecule has 9 heteroatoms. The molecule has 31 heavy (non-hydrogen) atoms. The molecule has 168 valence electrons. The molecule has 0 radical (unpaired) electrons. The van der Waals surface area contributed by atoms with Crippen molar-refractivity contribution in [1.82, 2.24) is 9.80 Å². The van der Waals surface area contributed by atoms with Crippen LogP contribution in [0.2, 0.25) is 0 Å². The highest BCUT2D eigenvalue weighted by atomic mass is 79.9. The number of hydrogen-bond donors (Lipinski definition) is 1. The van der Waals surface area contributed by atoms with Gasteiger partial charge in [0.25, 0.3) is 0 Å². The minimum atomic E-state index is -0.693. The lowest BCUT2D eigenvalue weighted by molar-refractivity contribution is -0.136. The van der Waals surface area contributed by atoms with Crippen molar-refractivity contribution in [3.8, 4) is 11.8 Å². The molecule has 2 heterocycles. The first-order valence-electron chi connectivity index (χ1n) is 10.5. The molecular formula is C22H29BrN4O4. The second-order valence-corrected chi connectivity index (χ2v) is 9.81. The largest absolute Gasteiger partial charge is 0.490 e. The Hall–Kier alpha value is -2.47. The first-order chi connectivity index (χ1) is 14.6. The fourth-order valence-electron chi connectivity index (χ4n) is 4.06. The Morgan fingerprint density at radius 1 is 1.29 bits per heavy atom. The van der Waals surface area contributed by atoms with E-state index in [1.807, 2.05) is 0 Å². The molecular weight excluding hydrogens is 464 g/mol. The number of nitrogen functional groups attached to an aromatic ring is 1. The quantitative estimate of drug-likeness (QED) is 0.641. The zero-order chi connectivity index (χ0) is 22.8. The first kappa shape index (κ1) is 23.2. The number of hydrogen-bond acceptors (Lipinski definition) is 6. The van der Waals surface area contributed by atoms with Crippen molar-refractivity contribution in [2.75, 3.05) is 18.9 Å². The van der Waals surface area contributed by atoms with Crippen LogP contribution in [0.3, 0.4) is 0 Å². The van der Waals surface area contributed by atoms with Crippen LogP contribution in [0.25, 0.3) is 0 Å². The number of nitrogens with two attached hydrogens (primary N) is 1. The predicted octanol–water partition coefficient (Wildman–Crippen LogP) is 3.69. The lowest BCUT2D eigenvalue weighted by Gasteiger charge is -2.34. The van der Waals surface area contributed by atoms with E-state index < -0.39 is 23.8 Å². The van der Waals surface area contributed by atoms with Crippen molar-refractivity contribution in [3.63, 3.8) is 0 Å². The maximum absolute atomic E-state index is 13.3. The average Bonchev–Trinajstić information content (AvgIpc) is 3.32. The van der Waals surface area contributed by atoms with Crippen LogP contribution in [0.4, 0.5) is 10.5 Å². The van der Waals surface area contributed by atoms with Crippen molar-refractivity contribution >= 4 is 33.6 Å². The summed E-state index contributed by atoms with van der Waals surface area (Å²) >= 11 is 3.43. The summed E-state index contributed by atoms with van der Waals surface area (Å²) in [5, 5.41) is 9.38. The molecule has 2 amide bonds. The van der Waals surface area contributed by atoms with Gasteiger partial charge in [0.1, 0.15) is 30.0 Å². The average molecular weight is 493 g/mol. The Morgan fingerprint density at radius 2 is 2.03 bits per heavy atom. The summed E-state index contributed by atoms with van der Waals surface area (Å²) < 4.78 is 12.3. The Labute approximate surface area is 191 Å². The van der Waals surface area contributed by atoms with Crippen LogP contribution in [0.1, 0.15) is 46.5 Å². The Morgan fingerprint density at radius 3 is 2.68 bits per heavy atom. The lowest BCUT2D eigenvalue weighted by Crippen LogP contribution is -2.53. The van der Waals surface area contributed by atoms with Gasteiger partial charge in [0, 0.05) is 12.2 Å². The van der Waals surface area contributed by atoms with Gasteiger partial charge >= 0.3 is 6.09 Å². The van der Waals surface area contributed by atoms with Crippen LogP contribution in [0, 0.1) is 11.3 Å². The number of benzene rings is 1. The zero-order valence-electron chi connectivity index (χ0n) is 18.1. The summed E-state index contributed by atoms with van der Waals surface area (Å²) in [5.41, 5.74) is 5.70. The van der Waals surface area contributed by atoms with Crippen molar-refractivity contribution in [3.05, 3.63) is 22.7 Å². The third kappa shape index (κ3) is 5.42. The van der Waals surface area contributed by atoms with Gasteiger partial charge in [-0.25, -0.2) is 4.79 Å². The number of nitrogens with zero attached hydrogens (tertiary/aromatic N) is 3. The second-order valence-electron chi connectivity index (χ2n) is 8.95. The number of carbonyl (C=O) groups is 2. The number of carbonyl (C=O) groups excluding carboxylic acids is 2. The van der Waals surface area contributed by atoms with Crippen LogP contribution in [-0.4, -0.2) is 58.7 Å². The third-order valence-electron chi connectivity index (χ3n) is 5.46. The van der Waals surface area contributed by atoms with E-state index in [0.29, 0.717) is 37.2 Å². The van der Waals surface area contributed by atoms with E-state index >= 15 is 0 Å². The highest BCUT2D eigenvalue weighted by Gasteiger charge is 2.46. The highest BCUT2D eigenvalue weighted by Crippen LogP contribution is 2.32. The van der Waals surface area contributed by atoms with E-state index in [0.717, 1.165) is 10.9 Å². The standard InChI is InChI=1S/C22H29BrN4O4/c1-22(2,3)31-21(29)27-16(13-30-19-9-6-14(25)11-17(19)23)7-8-18(27)20(28)26-10-4-5-15(26)12-24/h6,9,11,15-16,18H,4-5,7-8,10,13,25H2,1-3H3/t15-,16-,18+/m0/s1. The number of halogens is 1. The van der Waals surface area contributed by atoms with E-state index in [4.69, 9.17) is 15.2 Å². The number of rotatable bonds is 4. The molecule has 2 fully saturated rings. The Kier molecular flexibility index (Phi) is 6.99. The molecule has 0 unspecified atom stereocenters. The van der Waals surface area contributed by atoms with Gasteiger partial charge in [-0.2, -0.15) is 5.26 Å². The fraction of sp³-hybridized carbons (Fsp3) is 0.591. The van der Waals surface area contributed by atoms with Crippen LogP contribution in [0.5, 0.6) is 5.75 Å². The molecule has 2 aliphatic heterocycles. The van der Waals surface area contributed by atoms with Crippen LogP contribution in [0.15, 0.2) is 22.7 Å². The molecule has 1 aromatic rings. The number of ether oxygens (including phenoxy) is 2. The number of likely N-dealkylation sites (tertiary alicyclic amines) is 2. The maximum atomic E-state index is 13.3. The van der Waals surface area contributed by atoms with Gasteiger partial charge in [-0.05, 0) is 80.6 Å². The smallest absolute Gasteiger partial charge is 0.411 e. The van der Waals surface area contributed by atoms with Crippen LogP contribution >= 0.6 is 15.9 Å². The van der Waals surface area contributed by atoms with Gasteiger partial charge in [0.05, 0.1) is 16.6 Å². The van der Waals surface area contributed by atoms with E-state index in [-0.39, 0.29) is 18.6 Å². The fourth-order valence-corrected chi connectivity index (χ4v) is 4.57. The molecule has 3 atom stereocenters. The predicted molar refractivity (Wildman–Crippen MR) is 119 cm³/mol. The molecule has 2 N–H and O–H groups in total. The molecule has 8 nitrogen and oxygen atoms in total. The van der Waals surface area contributed by atoms with E-state index in [2.05, 4.69) is 22.0 Å². The zero-order valence-corrected chi connectivity index (χ0v) is 19.7. The normalized spacial score (nSPS) is 23.5. The summed E-state index contributed by atoms with van der Waals surface area (Å²) in [7, 11) is 0. The molecule has 0 aliphatic carbocycles. The molecule has 2 aliphatic rings. The summed E-state index contributed by atoms with van der Waals surface area (Å²) in [5.74, 6) is 0.420. The van der Waals surface area contributed by atoms with Gasteiger partial charge in [0.2, 0.25) is 5.91 Å². The monoisotopic (exact) mass is 492 g/mol. The maximum Gasteiger partial charge on any atom is 0.411 e. The SMILES string of the molecule is CC(C)(C)OC(=O)N1[C@H](COc2ccc(N)cc2Br)CC[C@@H]1C(=O)N1CCC[C@H]1C#N. The van der Waals surface area contributed by atoms with Crippen molar-refractivity contribution in [2.24, 2.45) is 0 Å². The van der Waals surface area contributed by atoms with Gasteiger partial charge in [-0.3, -0.25) is 9.69 Å². The minimum absolute atomic E-state index is 0.189. The molecule has 0 saturated carbocycles. The van der Waals surface area contributed by atoms with Gasteiger partial charge < -0.3 is 20.1 Å². The van der Waals surface area contributed by atoms with E-state index in [9.17, 15) is 14.9 Å². The third-order valence-corrected chi connectivity index (χ3v) is 6.08. The number of anilines is 1. The van der Waals surface area contributed by atoms with E-state index in [1.54, 1.807) is 43.9 Å². The van der Waals surface area contributed by atoms with Crippen molar-refractivity contribution < 1.29 is 19.1 Å². The van der Waals surface area contributed by atoms with Crippen LogP contribution in [-0.2, 0) is 9.53 Å². The summed E-state index contributed by atoms with van der Waals surface area (Å²) in [4.78, 5) is 29.4. The highest BCUT2D eigenvalue weighted by molar-refractivity contribution is 9.10. The summed E-state index contributed by atoms with van der Waals surface area (Å²) in [6.07, 6.45) is 2.03. The van der Waals surface area contributed by atoms with E-state index in [1.165, 1.54) is 4.90 Å². The Bertz CT molecular complexity index is 879. The van der Waals surface area contributed by atoms with Crippen molar-refractivity contribution in [2.45, 2.75) is 70.2 Å². The molecule has 0 spiro atoms. The molecule has 0 bridgehead atoms.